The van der Waals surface area contributed by atoms with Crippen molar-refractivity contribution in [2.75, 3.05) is 5.32 Å². The number of amides is 1. The van der Waals surface area contributed by atoms with Gasteiger partial charge in [-0.15, -0.1) is 10.2 Å². The van der Waals surface area contributed by atoms with E-state index in [1.54, 1.807) is 27.7 Å². The van der Waals surface area contributed by atoms with E-state index in [0.29, 0.717) is 0 Å². The van der Waals surface area contributed by atoms with E-state index in [1.165, 1.54) is 0 Å². The second-order valence-corrected chi connectivity index (χ2v) is 7.16. The number of anilines is 1. The van der Waals surface area contributed by atoms with Crippen molar-refractivity contribution in [3.05, 3.63) is 0 Å². The predicted molar refractivity (Wildman–Crippen MR) is 68.8 cm³/mol. The van der Waals surface area contributed by atoms with Crippen LogP contribution < -0.4 is 10.0 Å². The van der Waals surface area contributed by atoms with E-state index in [4.69, 9.17) is 0 Å². The summed E-state index contributed by atoms with van der Waals surface area (Å²) in [6.07, 6.45) is 0. The summed E-state index contributed by atoms with van der Waals surface area (Å²) in [4.78, 5) is 11.4. The minimum absolute atomic E-state index is 0.157. The lowest BCUT2D eigenvalue weighted by Crippen LogP contribution is -2.30. The Labute approximate surface area is 110 Å². The molecule has 0 aromatic carbocycles. The molecule has 1 amide bonds. The predicted octanol–water partition coefficient (Wildman–Crippen LogP) is 0.819. The zero-order valence-electron chi connectivity index (χ0n) is 10.6. The number of sulfonamides is 1. The van der Waals surface area contributed by atoms with Crippen molar-refractivity contribution in [1.82, 2.24) is 14.9 Å². The second-order valence-electron chi connectivity index (χ2n) is 4.29. The minimum atomic E-state index is -3.65. The Kier molecular flexibility index (Phi) is 4.77. The molecule has 2 N–H and O–H groups in total. The highest BCUT2D eigenvalue weighted by Gasteiger charge is 2.21. The van der Waals surface area contributed by atoms with Crippen molar-refractivity contribution in [3.8, 4) is 0 Å². The first-order valence-electron chi connectivity index (χ1n) is 5.39. The lowest BCUT2D eigenvalue weighted by molar-refractivity contribution is -0.118. The first kappa shape index (κ1) is 15.0. The lowest BCUT2D eigenvalue weighted by atomic mass is 10.2. The van der Waals surface area contributed by atoms with Crippen LogP contribution in [0.3, 0.4) is 0 Å². The maximum atomic E-state index is 11.8. The van der Waals surface area contributed by atoms with Gasteiger partial charge in [0.1, 0.15) is 0 Å². The van der Waals surface area contributed by atoms with Gasteiger partial charge in [-0.25, -0.2) is 13.1 Å². The van der Waals surface area contributed by atoms with E-state index in [-0.39, 0.29) is 27.3 Å². The maximum Gasteiger partial charge on any atom is 0.270 e. The van der Waals surface area contributed by atoms with Crippen molar-refractivity contribution < 1.29 is 13.2 Å². The topological polar surface area (TPSA) is 101 Å². The third kappa shape index (κ3) is 4.00. The molecule has 102 valence electrons. The third-order valence-corrected chi connectivity index (χ3v) is 4.65. The van der Waals surface area contributed by atoms with Crippen LogP contribution in [-0.4, -0.2) is 30.6 Å². The monoisotopic (exact) mass is 292 g/mol. The van der Waals surface area contributed by atoms with Gasteiger partial charge in [0.25, 0.3) is 10.0 Å². The first-order chi connectivity index (χ1) is 8.22. The molecule has 0 atom stereocenters. The van der Waals surface area contributed by atoms with Gasteiger partial charge >= 0.3 is 0 Å². The van der Waals surface area contributed by atoms with Gasteiger partial charge in [0.2, 0.25) is 15.4 Å². The quantitative estimate of drug-likeness (QED) is 0.782. The van der Waals surface area contributed by atoms with E-state index in [2.05, 4.69) is 20.2 Å². The molecular weight excluding hydrogens is 276 g/mol. The smallest absolute Gasteiger partial charge is 0.270 e. The van der Waals surface area contributed by atoms with Gasteiger partial charge in [-0.3, -0.25) is 4.79 Å². The average molecular weight is 292 g/mol. The zero-order chi connectivity index (χ0) is 13.9. The Bertz CT molecular complexity index is 522. The van der Waals surface area contributed by atoms with Crippen LogP contribution in [0.25, 0.3) is 0 Å². The summed E-state index contributed by atoms with van der Waals surface area (Å²) in [5.74, 6) is -0.435. The van der Waals surface area contributed by atoms with E-state index in [0.717, 1.165) is 11.3 Å². The number of carbonyl (C=O) groups excluding carboxylic acids is 1. The molecule has 1 aromatic heterocycles. The summed E-state index contributed by atoms with van der Waals surface area (Å²) >= 11 is 0.823. The maximum absolute atomic E-state index is 11.8. The van der Waals surface area contributed by atoms with E-state index in [1.807, 2.05) is 0 Å². The summed E-state index contributed by atoms with van der Waals surface area (Å²) in [5.41, 5.74) is 0. The molecule has 18 heavy (non-hydrogen) atoms. The van der Waals surface area contributed by atoms with Crippen LogP contribution in [0.1, 0.15) is 27.7 Å². The molecule has 1 rings (SSSR count). The Hall–Kier alpha value is -1.06. The number of hydrogen-bond acceptors (Lipinski definition) is 6. The fraction of sp³-hybridized carbons (Fsp3) is 0.667. The molecule has 0 aliphatic heterocycles. The average Bonchev–Trinajstić information content (AvgIpc) is 2.64. The van der Waals surface area contributed by atoms with Crippen LogP contribution in [0.4, 0.5) is 5.13 Å². The highest BCUT2D eigenvalue weighted by Crippen LogP contribution is 2.20. The molecule has 0 unspecified atom stereocenters. The van der Waals surface area contributed by atoms with E-state index < -0.39 is 10.0 Å². The zero-order valence-corrected chi connectivity index (χ0v) is 12.2. The van der Waals surface area contributed by atoms with Crippen LogP contribution in [0, 0.1) is 5.92 Å². The van der Waals surface area contributed by atoms with Gasteiger partial charge < -0.3 is 5.32 Å². The molecule has 0 saturated heterocycles. The molecule has 0 saturated carbocycles. The van der Waals surface area contributed by atoms with Crippen molar-refractivity contribution in [2.24, 2.45) is 5.92 Å². The molecule has 7 nitrogen and oxygen atoms in total. The van der Waals surface area contributed by atoms with E-state index in [9.17, 15) is 13.2 Å². The Morgan fingerprint density at radius 3 is 2.33 bits per heavy atom. The largest absolute Gasteiger partial charge is 0.300 e. The van der Waals surface area contributed by atoms with Crippen LogP contribution in [0.5, 0.6) is 0 Å². The van der Waals surface area contributed by atoms with Gasteiger partial charge in [-0.2, -0.15) is 0 Å². The third-order valence-electron chi connectivity index (χ3n) is 1.78. The number of carbonyl (C=O) groups is 1. The highest BCUT2D eigenvalue weighted by atomic mass is 32.2. The summed E-state index contributed by atoms with van der Waals surface area (Å²) in [6.45, 7) is 6.88. The molecule has 0 spiro atoms. The standard InChI is InChI=1S/C9H16N4O3S2/c1-5(2)7(14)10-8-11-12-9(17-8)18(15,16)13-6(3)4/h5-6,13H,1-4H3,(H,10,11,14). The molecule has 0 aliphatic carbocycles. The molecule has 9 heteroatoms. The van der Waals surface area contributed by atoms with Gasteiger partial charge in [-0.1, -0.05) is 25.2 Å². The highest BCUT2D eigenvalue weighted by molar-refractivity contribution is 7.91. The van der Waals surface area contributed by atoms with Gasteiger partial charge in [0.15, 0.2) is 0 Å². The summed E-state index contributed by atoms with van der Waals surface area (Å²) in [7, 11) is -3.65. The minimum Gasteiger partial charge on any atom is -0.300 e. The molecule has 1 heterocycles. The van der Waals surface area contributed by atoms with Crippen molar-refractivity contribution >= 4 is 32.4 Å². The first-order valence-corrected chi connectivity index (χ1v) is 7.69. The number of rotatable bonds is 5. The van der Waals surface area contributed by atoms with Crippen molar-refractivity contribution in [3.63, 3.8) is 0 Å². The fourth-order valence-corrected chi connectivity index (χ4v) is 3.15. The summed E-state index contributed by atoms with van der Waals surface area (Å²) in [5, 5.41) is 9.87. The second kappa shape index (κ2) is 5.72. The SMILES string of the molecule is CC(C)NS(=O)(=O)c1nnc(NC(=O)C(C)C)s1. The van der Waals surface area contributed by atoms with Crippen LogP contribution >= 0.6 is 11.3 Å². The molecular formula is C9H16N4O3S2. The normalized spacial score (nSPS) is 12.1. The Morgan fingerprint density at radius 1 is 1.22 bits per heavy atom. The van der Waals surface area contributed by atoms with Crippen LogP contribution in [0.2, 0.25) is 0 Å². The molecule has 1 aromatic rings. The van der Waals surface area contributed by atoms with Gasteiger partial charge in [0, 0.05) is 12.0 Å². The summed E-state index contributed by atoms with van der Waals surface area (Å²) < 4.78 is 25.8. The molecule has 0 aliphatic rings. The molecule has 0 radical (unpaired) electrons. The number of nitrogens with one attached hydrogen (secondary N) is 2. The number of nitrogens with zero attached hydrogens (tertiary/aromatic N) is 2. The Morgan fingerprint density at radius 2 is 1.83 bits per heavy atom. The van der Waals surface area contributed by atoms with Crippen molar-refractivity contribution in [1.29, 1.82) is 0 Å². The van der Waals surface area contributed by atoms with Gasteiger partial charge in [0.05, 0.1) is 0 Å². The molecule has 0 bridgehead atoms. The van der Waals surface area contributed by atoms with Crippen molar-refractivity contribution in [2.45, 2.75) is 38.1 Å². The Balaban J connectivity index is 2.84. The fourth-order valence-electron chi connectivity index (χ4n) is 0.979. The number of aromatic nitrogens is 2. The summed E-state index contributed by atoms with van der Waals surface area (Å²) in [6, 6.07) is -0.229. The van der Waals surface area contributed by atoms with E-state index >= 15 is 0 Å². The van der Waals surface area contributed by atoms with Crippen LogP contribution in [0.15, 0.2) is 4.34 Å². The van der Waals surface area contributed by atoms with Gasteiger partial charge in [-0.05, 0) is 13.8 Å². The lowest BCUT2D eigenvalue weighted by Gasteiger charge is -2.05. The van der Waals surface area contributed by atoms with Crippen LogP contribution in [-0.2, 0) is 14.8 Å². The molecule has 0 fully saturated rings. The number of hydrogen-bond donors (Lipinski definition) is 2.